The number of amides is 1. The predicted octanol–water partition coefficient (Wildman–Crippen LogP) is -0.652. The van der Waals surface area contributed by atoms with Crippen molar-refractivity contribution in [3.8, 4) is 0 Å². The molecule has 1 aromatic heterocycles. The Morgan fingerprint density at radius 1 is 1.30 bits per heavy atom. The largest absolute Gasteiger partial charge is 0.356 e. The number of benzene rings is 1. The van der Waals surface area contributed by atoms with Gasteiger partial charge in [-0.25, -0.2) is 4.98 Å². The molecule has 0 atom stereocenters. The minimum absolute atomic E-state index is 0.122. The molecule has 1 heterocycles. The highest BCUT2D eigenvalue weighted by Crippen LogP contribution is 2.24. The van der Waals surface area contributed by atoms with Crippen LogP contribution in [0.4, 0.5) is 5.13 Å². The third-order valence-corrected chi connectivity index (χ3v) is 4.16. The number of carbonyl (C=O) groups is 1. The molecule has 0 fully saturated rings. The molecule has 0 saturated heterocycles. The zero-order chi connectivity index (χ0) is 16.7. The van der Waals surface area contributed by atoms with Crippen molar-refractivity contribution in [1.29, 1.82) is 0 Å². The van der Waals surface area contributed by atoms with Crippen LogP contribution in [0, 0.1) is 0 Å². The average Bonchev–Trinajstić information content (AvgIpc) is 2.93. The quantitative estimate of drug-likeness (QED) is 0.351. The van der Waals surface area contributed by atoms with Gasteiger partial charge in [-0.3, -0.25) is 15.6 Å². The van der Waals surface area contributed by atoms with Crippen LogP contribution in [0.15, 0.2) is 24.3 Å². The van der Waals surface area contributed by atoms with Gasteiger partial charge in [0, 0.05) is 0 Å². The summed E-state index contributed by atoms with van der Waals surface area (Å²) in [5, 5.41) is 7.14. The summed E-state index contributed by atoms with van der Waals surface area (Å²) in [5.74, 6) is -0.216. The van der Waals surface area contributed by atoms with E-state index in [0.29, 0.717) is 5.11 Å². The molecule has 23 heavy (non-hydrogen) atoms. The number of nitrogens with zero attached hydrogens (tertiary/aromatic N) is 1. The summed E-state index contributed by atoms with van der Waals surface area (Å²) in [6, 6.07) is 7.85. The van der Waals surface area contributed by atoms with Crippen molar-refractivity contribution in [3.05, 3.63) is 24.3 Å². The number of anilines is 1. The fourth-order valence-electron chi connectivity index (χ4n) is 1.74. The Balaban J connectivity index is 1.67. The fourth-order valence-corrected chi connectivity index (χ4v) is 2.76. The maximum Gasteiger partial charge on any atom is 0.257 e. The molecular weight excluding hydrogens is 332 g/mol. The van der Waals surface area contributed by atoms with E-state index in [-0.39, 0.29) is 12.5 Å². The molecule has 0 bridgehead atoms. The van der Waals surface area contributed by atoms with Crippen LogP contribution in [0.2, 0.25) is 0 Å². The lowest BCUT2D eigenvalue weighted by atomic mass is 10.3. The smallest absolute Gasteiger partial charge is 0.257 e. The lowest BCUT2D eigenvalue weighted by Gasteiger charge is -2.12. The van der Waals surface area contributed by atoms with Crippen LogP contribution in [-0.2, 0) is 4.79 Å². The van der Waals surface area contributed by atoms with E-state index in [2.05, 4.69) is 40.6 Å². The van der Waals surface area contributed by atoms with E-state index in [9.17, 15) is 4.79 Å². The maximum atomic E-state index is 11.8. The highest BCUT2D eigenvalue weighted by Gasteiger charge is 2.06. The minimum Gasteiger partial charge on any atom is -0.356 e. The Morgan fingerprint density at radius 3 is 2.83 bits per heavy atom. The third kappa shape index (κ3) is 5.97. The Bertz CT molecular complexity index is 639. The maximum absolute atomic E-state index is 11.8. The van der Waals surface area contributed by atoms with E-state index < -0.39 is 0 Å². The van der Waals surface area contributed by atoms with Crippen LogP contribution in [0.1, 0.15) is 0 Å². The Kier molecular flexibility index (Phi) is 6.51. The second kappa shape index (κ2) is 8.61. The molecule has 5 N–H and O–H groups in total. The number of hydrazine groups is 1. The summed E-state index contributed by atoms with van der Waals surface area (Å²) < 4.78 is 1.09. The number of thiocarbonyl (C=S) groups is 1. The molecule has 0 unspecified atom stereocenters. The summed E-state index contributed by atoms with van der Waals surface area (Å²) in [7, 11) is 4.13. The van der Waals surface area contributed by atoms with Gasteiger partial charge in [0.15, 0.2) is 10.2 Å². The third-order valence-electron chi connectivity index (χ3n) is 2.92. The monoisotopic (exact) mass is 353 g/mol. The van der Waals surface area contributed by atoms with Crippen molar-refractivity contribution in [2.45, 2.75) is 0 Å². The number of fused-ring (bicyclic) bond motifs is 1. The van der Waals surface area contributed by atoms with Crippen LogP contribution < -0.4 is 26.4 Å². The molecule has 0 aliphatic rings. The van der Waals surface area contributed by atoms with Crippen molar-refractivity contribution < 1.29 is 9.69 Å². The van der Waals surface area contributed by atoms with E-state index in [4.69, 9.17) is 12.2 Å². The first kappa shape index (κ1) is 17.4. The van der Waals surface area contributed by atoms with Crippen molar-refractivity contribution >= 4 is 49.9 Å². The first-order chi connectivity index (χ1) is 11.0. The van der Waals surface area contributed by atoms with Crippen LogP contribution in [0.3, 0.4) is 0 Å². The number of likely N-dealkylation sites (N-methyl/N-ethyl adjacent to an activating group) is 1. The number of para-hydroxylation sites is 1. The van der Waals surface area contributed by atoms with E-state index >= 15 is 0 Å². The van der Waals surface area contributed by atoms with Gasteiger partial charge < -0.3 is 15.5 Å². The SMILES string of the molecule is C[NH+](C)CCNC(=S)NNC(=O)CNc1nc2ccccc2s1. The Morgan fingerprint density at radius 2 is 2.09 bits per heavy atom. The predicted molar refractivity (Wildman–Crippen MR) is 97.7 cm³/mol. The Labute approximate surface area is 144 Å². The van der Waals surface area contributed by atoms with Gasteiger partial charge in [-0.1, -0.05) is 23.5 Å². The number of carbonyl (C=O) groups excluding carboxylic acids is 1. The molecule has 0 saturated carbocycles. The van der Waals surface area contributed by atoms with Gasteiger partial charge in [0.05, 0.1) is 43.9 Å². The zero-order valence-electron chi connectivity index (χ0n) is 13.1. The number of hydrogen-bond donors (Lipinski definition) is 5. The van der Waals surface area contributed by atoms with E-state index in [0.717, 1.165) is 28.4 Å². The molecule has 9 heteroatoms. The lowest BCUT2D eigenvalue weighted by molar-refractivity contribution is -0.856. The number of nitrogens with one attached hydrogen (secondary N) is 5. The van der Waals surface area contributed by atoms with Crippen LogP contribution in [0.5, 0.6) is 0 Å². The molecule has 0 radical (unpaired) electrons. The second-order valence-electron chi connectivity index (χ2n) is 5.23. The van der Waals surface area contributed by atoms with Crippen LogP contribution in [0.25, 0.3) is 10.2 Å². The minimum atomic E-state index is -0.216. The van der Waals surface area contributed by atoms with Crippen molar-refractivity contribution in [2.75, 3.05) is 39.0 Å². The van der Waals surface area contributed by atoms with Crippen LogP contribution >= 0.6 is 23.6 Å². The zero-order valence-corrected chi connectivity index (χ0v) is 14.7. The van der Waals surface area contributed by atoms with Crippen LogP contribution in [-0.4, -0.2) is 49.7 Å². The fraction of sp³-hybridized carbons (Fsp3) is 0.357. The van der Waals surface area contributed by atoms with Gasteiger partial charge in [0.1, 0.15) is 0 Å². The molecule has 124 valence electrons. The summed E-state index contributed by atoms with van der Waals surface area (Å²) in [6.07, 6.45) is 0. The highest BCUT2D eigenvalue weighted by molar-refractivity contribution is 7.80. The first-order valence-electron chi connectivity index (χ1n) is 7.26. The molecule has 2 rings (SSSR count). The van der Waals surface area contributed by atoms with Gasteiger partial charge in [0.2, 0.25) is 0 Å². The van der Waals surface area contributed by atoms with E-state index in [1.54, 1.807) is 0 Å². The molecule has 1 aromatic carbocycles. The average molecular weight is 353 g/mol. The van der Waals surface area contributed by atoms with Gasteiger partial charge in [0.25, 0.3) is 5.91 Å². The molecule has 2 aromatic rings. The molecule has 0 spiro atoms. The Hall–Kier alpha value is -1.97. The van der Waals surface area contributed by atoms with E-state index in [1.807, 2.05) is 24.3 Å². The molecule has 1 amide bonds. The topological polar surface area (TPSA) is 82.5 Å². The van der Waals surface area contributed by atoms with Crippen molar-refractivity contribution in [1.82, 2.24) is 21.2 Å². The van der Waals surface area contributed by atoms with Gasteiger partial charge in [-0.15, -0.1) is 0 Å². The van der Waals surface area contributed by atoms with E-state index in [1.165, 1.54) is 16.2 Å². The van der Waals surface area contributed by atoms with Gasteiger partial charge >= 0.3 is 0 Å². The molecule has 0 aliphatic carbocycles. The highest BCUT2D eigenvalue weighted by atomic mass is 32.1. The van der Waals surface area contributed by atoms with Crippen molar-refractivity contribution in [2.24, 2.45) is 0 Å². The number of quaternary nitrogens is 1. The standard InChI is InChI=1S/C14H20N6OS2/c1-20(2)8-7-15-13(22)19-18-12(21)9-16-14-17-10-5-3-4-6-11(10)23-14/h3-6H,7-9H2,1-2H3,(H,16,17)(H,18,21)(H2,15,19,22)/p+1. The van der Waals surface area contributed by atoms with Gasteiger partial charge in [-0.05, 0) is 24.4 Å². The molecule has 7 nitrogen and oxygen atoms in total. The summed E-state index contributed by atoms with van der Waals surface area (Å²) in [5.41, 5.74) is 6.14. The molecule has 0 aliphatic heterocycles. The summed E-state index contributed by atoms with van der Waals surface area (Å²) in [6.45, 7) is 1.81. The number of rotatable bonds is 6. The summed E-state index contributed by atoms with van der Waals surface area (Å²) >= 11 is 6.58. The number of hydrogen-bond acceptors (Lipinski definition) is 5. The summed E-state index contributed by atoms with van der Waals surface area (Å²) in [4.78, 5) is 17.5. The number of thiazole rings is 1. The lowest BCUT2D eigenvalue weighted by Crippen LogP contribution is -3.06. The normalized spacial score (nSPS) is 10.6. The number of aromatic nitrogens is 1. The molecular formula is C14H21N6OS2+. The van der Waals surface area contributed by atoms with Crippen molar-refractivity contribution in [3.63, 3.8) is 0 Å². The first-order valence-corrected chi connectivity index (χ1v) is 8.48. The second-order valence-corrected chi connectivity index (χ2v) is 6.67. The van der Waals surface area contributed by atoms with Gasteiger partial charge in [-0.2, -0.15) is 0 Å².